The fraction of sp³-hybridized carbons (Fsp3) is 0.577. The van der Waals surface area contributed by atoms with Gasteiger partial charge in [-0.1, -0.05) is 32.4 Å². The first-order valence-corrected chi connectivity index (χ1v) is 11.4. The van der Waals surface area contributed by atoms with Crippen LogP contribution < -0.4 is 4.74 Å². The number of rotatable bonds is 4. The van der Waals surface area contributed by atoms with Gasteiger partial charge in [-0.2, -0.15) is 0 Å². The van der Waals surface area contributed by atoms with Crippen molar-refractivity contribution in [3.05, 3.63) is 41.1 Å². The normalized spacial score (nSPS) is 26.2. The van der Waals surface area contributed by atoms with Crippen LogP contribution in [0.5, 0.6) is 5.75 Å². The number of aliphatic imine (C=N–C) groups is 1. The van der Waals surface area contributed by atoms with Gasteiger partial charge in [0.2, 0.25) is 0 Å². The van der Waals surface area contributed by atoms with Crippen LogP contribution >= 0.6 is 0 Å². The van der Waals surface area contributed by atoms with Gasteiger partial charge in [-0.15, -0.1) is 0 Å². The summed E-state index contributed by atoms with van der Waals surface area (Å²) in [5.74, 6) is -0.342. The molecule has 0 spiro atoms. The van der Waals surface area contributed by atoms with Gasteiger partial charge in [0.25, 0.3) is 0 Å². The van der Waals surface area contributed by atoms with Crippen molar-refractivity contribution >= 4 is 17.5 Å². The third kappa shape index (κ3) is 4.46. The first kappa shape index (κ1) is 21.8. The molecule has 1 aromatic carbocycles. The van der Waals surface area contributed by atoms with E-state index in [0.717, 1.165) is 54.8 Å². The second kappa shape index (κ2) is 8.60. The van der Waals surface area contributed by atoms with E-state index in [0.29, 0.717) is 12.0 Å². The monoisotopic (exact) mass is 423 g/mol. The molecule has 2 aliphatic carbocycles. The van der Waals surface area contributed by atoms with Crippen molar-refractivity contribution in [3.63, 3.8) is 0 Å². The summed E-state index contributed by atoms with van der Waals surface area (Å²) >= 11 is 0. The maximum absolute atomic E-state index is 13.4. The van der Waals surface area contributed by atoms with Crippen molar-refractivity contribution in [2.24, 2.45) is 16.3 Å². The van der Waals surface area contributed by atoms with Gasteiger partial charge in [0.05, 0.1) is 7.11 Å². The highest BCUT2D eigenvalue weighted by molar-refractivity contribution is 6.09. The number of methoxy groups -OCH3 is 1. The molecule has 4 rings (SSSR count). The Hall–Kier alpha value is -2.43. The molecule has 2 atom stereocenters. The molecule has 0 N–H and O–H groups in total. The Bertz CT molecular complexity index is 919. The number of benzene rings is 1. The molecule has 0 radical (unpaired) electrons. The Morgan fingerprint density at radius 1 is 1.06 bits per heavy atom. The van der Waals surface area contributed by atoms with Gasteiger partial charge in [-0.3, -0.25) is 14.6 Å². The van der Waals surface area contributed by atoms with Crippen molar-refractivity contribution < 1.29 is 19.1 Å². The van der Waals surface area contributed by atoms with E-state index >= 15 is 0 Å². The van der Waals surface area contributed by atoms with E-state index in [1.54, 1.807) is 7.11 Å². The van der Waals surface area contributed by atoms with Gasteiger partial charge in [-0.25, -0.2) is 0 Å². The van der Waals surface area contributed by atoms with Crippen molar-refractivity contribution in [2.75, 3.05) is 7.11 Å². The first-order valence-electron chi connectivity index (χ1n) is 11.4. The van der Waals surface area contributed by atoms with Crippen LogP contribution in [0.3, 0.4) is 0 Å². The Balaban J connectivity index is 1.74. The molecule has 0 saturated heterocycles. The zero-order valence-corrected chi connectivity index (χ0v) is 19.1. The highest BCUT2D eigenvalue weighted by atomic mass is 16.5. The smallest absolute Gasteiger partial charge is 0.315 e. The standard InChI is InChI=1S/C26H33NO4/c1-16-22(25(29)31-19-8-6-5-7-9-19)23(17-10-12-18(30-4)13-11-17)24-20(27-16)14-26(2,3)15-21(24)28/h10-13,19,22-23H,5-9,14-15H2,1-4H3/t22?,23-/m1/s1. The highest BCUT2D eigenvalue weighted by Gasteiger charge is 2.46. The average molecular weight is 424 g/mol. The zero-order valence-electron chi connectivity index (χ0n) is 19.1. The Morgan fingerprint density at radius 3 is 2.39 bits per heavy atom. The molecule has 0 aromatic heterocycles. The van der Waals surface area contributed by atoms with E-state index in [4.69, 9.17) is 14.5 Å². The molecule has 1 unspecified atom stereocenters. The van der Waals surface area contributed by atoms with Crippen molar-refractivity contribution in [2.45, 2.75) is 77.7 Å². The summed E-state index contributed by atoms with van der Waals surface area (Å²) < 4.78 is 11.3. The molecule has 1 aromatic rings. The van der Waals surface area contributed by atoms with Crippen molar-refractivity contribution in [3.8, 4) is 5.75 Å². The van der Waals surface area contributed by atoms with Gasteiger partial charge >= 0.3 is 5.97 Å². The van der Waals surface area contributed by atoms with Crippen molar-refractivity contribution in [1.82, 2.24) is 0 Å². The molecular weight excluding hydrogens is 390 g/mol. The summed E-state index contributed by atoms with van der Waals surface area (Å²) in [6.45, 7) is 6.11. The Kier molecular flexibility index (Phi) is 6.05. The lowest BCUT2D eigenvalue weighted by Crippen LogP contribution is -2.40. The Labute approximate surface area is 184 Å². The summed E-state index contributed by atoms with van der Waals surface area (Å²) in [5, 5.41) is 0. The topological polar surface area (TPSA) is 65.0 Å². The molecular formula is C26H33NO4. The maximum Gasteiger partial charge on any atom is 0.315 e. The number of nitrogens with zero attached hydrogens (tertiary/aromatic N) is 1. The number of ketones is 1. The minimum absolute atomic E-state index is 0.0260. The van der Waals surface area contributed by atoms with E-state index < -0.39 is 5.92 Å². The lowest BCUT2D eigenvalue weighted by Gasteiger charge is -2.39. The quantitative estimate of drug-likeness (QED) is 0.609. The number of carbonyl (C=O) groups excluding carboxylic acids is 2. The molecule has 1 fully saturated rings. The van der Waals surface area contributed by atoms with Crippen LogP contribution in [0.1, 0.15) is 77.2 Å². The van der Waals surface area contributed by atoms with E-state index in [1.165, 1.54) is 6.42 Å². The van der Waals surface area contributed by atoms with Crippen LogP contribution in [0.2, 0.25) is 0 Å². The lowest BCUT2D eigenvalue weighted by atomic mass is 9.67. The van der Waals surface area contributed by atoms with Gasteiger partial charge in [-0.05, 0) is 62.1 Å². The lowest BCUT2D eigenvalue weighted by molar-refractivity contribution is -0.153. The van der Waals surface area contributed by atoms with Crippen LogP contribution in [0.15, 0.2) is 40.5 Å². The third-order valence-electron chi connectivity index (χ3n) is 6.87. The summed E-state index contributed by atoms with van der Waals surface area (Å²) in [5.41, 5.74) is 3.08. The van der Waals surface area contributed by atoms with Gasteiger partial charge < -0.3 is 9.47 Å². The molecule has 0 bridgehead atoms. The predicted molar refractivity (Wildman–Crippen MR) is 120 cm³/mol. The molecule has 1 aliphatic heterocycles. The predicted octanol–water partition coefficient (Wildman–Crippen LogP) is 5.39. The number of carbonyl (C=O) groups is 2. The second-order valence-corrected chi connectivity index (χ2v) is 9.98. The van der Waals surface area contributed by atoms with E-state index in [-0.39, 0.29) is 29.2 Å². The number of hydrogen-bond donors (Lipinski definition) is 0. The minimum atomic E-state index is -0.570. The second-order valence-electron chi connectivity index (χ2n) is 9.98. The van der Waals surface area contributed by atoms with Crippen LogP contribution in [0, 0.1) is 11.3 Å². The minimum Gasteiger partial charge on any atom is -0.497 e. The summed E-state index contributed by atoms with van der Waals surface area (Å²) in [4.78, 5) is 31.5. The molecule has 1 heterocycles. The van der Waals surface area contributed by atoms with E-state index in [1.807, 2.05) is 31.2 Å². The molecule has 5 heteroatoms. The van der Waals surface area contributed by atoms with Crippen LogP contribution in [-0.4, -0.2) is 30.7 Å². The third-order valence-corrected chi connectivity index (χ3v) is 6.87. The number of hydrogen-bond acceptors (Lipinski definition) is 5. The van der Waals surface area contributed by atoms with Crippen LogP contribution in [-0.2, 0) is 14.3 Å². The molecule has 0 amide bonds. The summed E-state index contributed by atoms with van der Waals surface area (Å²) in [6, 6.07) is 7.69. The summed E-state index contributed by atoms with van der Waals surface area (Å²) in [7, 11) is 1.63. The number of allylic oxidation sites excluding steroid dienone is 2. The molecule has 1 saturated carbocycles. The maximum atomic E-state index is 13.4. The first-order chi connectivity index (χ1) is 14.8. The van der Waals surface area contributed by atoms with Crippen LogP contribution in [0.4, 0.5) is 0 Å². The molecule has 166 valence electrons. The summed E-state index contributed by atoms with van der Waals surface area (Å²) in [6.07, 6.45) is 6.42. The molecule has 31 heavy (non-hydrogen) atoms. The Morgan fingerprint density at radius 2 is 1.74 bits per heavy atom. The average Bonchev–Trinajstić information content (AvgIpc) is 2.72. The molecule has 5 nitrogen and oxygen atoms in total. The van der Waals surface area contributed by atoms with Gasteiger partial charge in [0.15, 0.2) is 5.78 Å². The van der Waals surface area contributed by atoms with Gasteiger partial charge in [0.1, 0.15) is 17.8 Å². The van der Waals surface area contributed by atoms with Crippen molar-refractivity contribution in [1.29, 1.82) is 0 Å². The van der Waals surface area contributed by atoms with E-state index in [9.17, 15) is 9.59 Å². The fourth-order valence-electron chi connectivity index (χ4n) is 5.34. The number of ether oxygens (including phenoxy) is 2. The van der Waals surface area contributed by atoms with E-state index in [2.05, 4.69) is 13.8 Å². The largest absolute Gasteiger partial charge is 0.497 e. The number of esters is 1. The fourth-order valence-corrected chi connectivity index (χ4v) is 5.34. The highest BCUT2D eigenvalue weighted by Crippen LogP contribution is 2.48. The zero-order chi connectivity index (χ0) is 22.2. The number of Topliss-reactive ketones (excluding diaryl/α,β-unsaturated/α-hetero) is 1. The SMILES string of the molecule is COc1ccc([C@H]2C3=C(CC(C)(C)CC3=O)N=C(C)C2C(=O)OC2CCCCC2)cc1. The molecule has 3 aliphatic rings. The van der Waals surface area contributed by atoms with Gasteiger partial charge in [0, 0.05) is 29.3 Å². The van der Waals surface area contributed by atoms with Crippen LogP contribution in [0.25, 0.3) is 0 Å².